The second kappa shape index (κ2) is 4.77. The number of nitrogens with zero attached hydrogens (tertiary/aromatic N) is 1. The van der Waals surface area contributed by atoms with Gasteiger partial charge < -0.3 is 4.57 Å². The van der Waals surface area contributed by atoms with Gasteiger partial charge in [-0.15, -0.1) is 0 Å². The summed E-state index contributed by atoms with van der Waals surface area (Å²) in [5.74, 6) is 0.749. The van der Waals surface area contributed by atoms with Gasteiger partial charge in [0.25, 0.3) is 0 Å². The Bertz CT molecular complexity index is 581. The van der Waals surface area contributed by atoms with Gasteiger partial charge in [-0.05, 0) is 30.9 Å². The third-order valence-corrected chi connectivity index (χ3v) is 4.17. The van der Waals surface area contributed by atoms with Crippen LogP contribution in [0.2, 0.25) is 5.02 Å². The summed E-state index contributed by atoms with van der Waals surface area (Å²) in [6, 6.07) is 5.74. The molecule has 0 amide bonds. The van der Waals surface area contributed by atoms with E-state index in [0.717, 1.165) is 40.2 Å². The molecule has 1 aliphatic carbocycles. The monoisotopic (exact) mass is 261 g/mol. The fourth-order valence-corrected chi connectivity index (χ4v) is 3.18. The van der Waals surface area contributed by atoms with Crippen LogP contribution in [-0.4, -0.2) is 10.9 Å². The number of halogens is 1. The molecule has 94 valence electrons. The van der Waals surface area contributed by atoms with Crippen molar-refractivity contribution in [3.05, 3.63) is 35.0 Å². The van der Waals surface area contributed by atoms with E-state index in [1.165, 1.54) is 25.7 Å². The number of fused-ring (bicyclic) bond motifs is 1. The van der Waals surface area contributed by atoms with E-state index in [9.17, 15) is 4.79 Å². The van der Waals surface area contributed by atoms with Gasteiger partial charge >= 0.3 is 0 Å². The molecule has 0 N–H and O–H groups in total. The average Bonchev–Trinajstić information content (AvgIpc) is 2.98. The number of hydrogen-bond donors (Lipinski definition) is 0. The van der Waals surface area contributed by atoms with Gasteiger partial charge in [-0.25, -0.2) is 0 Å². The lowest BCUT2D eigenvalue weighted by Gasteiger charge is -2.11. The Hall–Kier alpha value is -1.28. The van der Waals surface area contributed by atoms with Gasteiger partial charge in [-0.2, -0.15) is 0 Å². The van der Waals surface area contributed by atoms with E-state index in [4.69, 9.17) is 11.6 Å². The number of aromatic nitrogens is 1. The van der Waals surface area contributed by atoms with E-state index < -0.39 is 0 Å². The number of carbonyl (C=O) groups excluding carboxylic acids is 1. The summed E-state index contributed by atoms with van der Waals surface area (Å²) < 4.78 is 2.20. The molecule has 1 fully saturated rings. The van der Waals surface area contributed by atoms with E-state index in [1.807, 2.05) is 24.4 Å². The zero-order valence-electron chi connectivity index (χ0n) is 10.2. The van der Waals surface area contributed by atoms with Crippen molar-refractivity contribution < 1.29 is 4.79 Å². The summed E-state index contributed by atoms with van der Waals surface area (Å²) in [7, 11) is 0. The molecule has 1 aliphatic rings. The lowest BCUT2D eigenvalue weighted by molar-refractivity contribution is 0.112. The van der Waals surface area contributed by atoms with Crippen molar-refractivity contribution in [1.82, 2.24) is 4.57 Å². The predicted octanol–water partition coefficient (Wildman–Crippen LogP) is 4.30. The molecule has 1 aromatic heterocycles. The van der Waals surface area contributed by atoms with Crippen molar-refractivity contribution >= 4 is 28.8 Å². The Morgan fingerprint density at radius 3 is 2.83 bits per heavy atom. The van der Waals surface area contributed by atoms with Gasteiger partial charge in [0.05, 0.1) is 5.52 Å². The van der Waals surface area contributed by atoms with E-state index >= 15 is 0 Å². The van der Waals surface area contributed by atoms with Crippen LogP contribution in [0.4, 0.5) is 0 Å². The molecule has 0 unspecified atom stereocenters. The van der Waals surface area contributed by atoms with Gasteiger partial charge in [0.15, 0.2) is 6.29 Å². The molecule has 3 rings (SSSR count). The third-order valence-electron chi connectivity index (χ3n) is 3.93. The first-order valence-corrected chi connectivity index (χ1v) is 6.89. The zero-order valence-corrected chi connectivity index (χ0v) is 11.0. The highest BCUT2D eigenvalue weighted by atomic mass is 35.5. The molecule has 0 aliphatic heterocycles. The molecule has 2 aromatic rings. The maximum atomic E-state index is 11.1. The first-order chi connectivity index (χ1) is 8.78. The molecular formula is C15H16ClNO. The maximum absolute atomic E-state index is 11.1. The van der Waals surface area contributed by atoms with Gasteiger partial charge in [0.1, 0.15) is 0 Å². The van der Waals surface area contributed by atoms with Crippen molar-refractivity contribution in [3.8, 4) is 0 Å². The molecule has 0 bridgehead atoms. The molecule has 1 heterocycles. The van der Waals surface area contributed by atoms with Crippen LogP contribution < -0.4 is 0 Å². The van der Waals surface area contributed by atoms with Gasteiger partial charge in [-0.1, -0.05) is 30.5 Å². The minimum Gasteiger partial charge on any atom is -0.346 e. The Balaban J connectivity index is 2.04. The summed E-state index contributed by atoms with van der Waals surface area (Å²) in [6.07, 6.45) is 8.18. The fraction of sp³-hybridized carbons (Fsp3) is 0.400. The summed E-state index contributed by atoms with van der Waals surface area (Å²) in [5.41, 5.74) is 1.84. The Morgan fingerprint density at radius 2 is 2.11 bits per heavy atom. The molecule has 3 heteroatoms. The van der Waals surface area contributed by atoms with E-state index in [-0.39, 0.29) is 0 Å². The van der Waals surface area contributed by atoms with Gasteiger partial charge in [-0.3, -0.25) is 4.79 Å². The highest BCUT2D eigenvalue weighted by Crippen LogP contribution is 2.30. The number of benzene rings is 1. The van der Waals surface area contributed by atoms with Crippen molar-refractivity contribution in [1.29, 1.82) is 0 Å². The highest BCUT2D eigenvalue weighted by molar-refractivity contribution is 6.31. The summed E-state index contributed by atoms with van der Waals surface area (Å²) >= 11 is 6.06. The molecule has 0 atom stereocenters. The van der Waals surface area contributed by atoms with Gasteiger partial charge in [0.2, 0.25) is 0 Å². The number of rotatable bonds is 3. The van der Waals surface area contributed by atoms with Gasteiger partial charge in [0, 0.05) is 28.7 Å². The van der Waals surface area contributed by atoms with Crippen molar-refractivity contribution in [2.75, 3.05) is 0 Å². The predicted molar refractivity (Wildman–Crippen MR) is 74.3 cm³/mol. The summed E-state index contributed by atoms with van der Waals surface area (Å²) in [6.45, 7) is 1.00. The second-order valence-corrected chi connectivity index (χ2v) is 5.60. The first kappa shape index (κ1) is 11.8. The number of aldehydes is 1. The lowest BCUT2D eigenvalue weighted by Crippen LogP contribution is -2.05. The van der Waals surface area contributed by atoms with Crippen LogP contribution in [0.15, 0.2) is 24.4 Å². The van der Waals surface area contributed by atoms with Crippen LogP contribution in [-0.2, 0) is 6.54 Å². The molecule has 2 nitrogen and oxygen atoms in total. The van der Waals surface area contributed by atoms with Crippen molar-refractivity contribution in [3.63, 3.8) is 0 Å². The highest BCUT2D eigenvalue weighted by Gasteiger charge is 2.17. The van der Waals surface area contributed by atoms with E-state index in [0.29, 0.717) is 0 Å². The minimum absolute atomic E-state index is 0.728. The SMILES string of the molecule is O=Cc1cn(CC2CCCC2)c2cc(Cl)ccc12. The Morgan fingerprint density at radius 1 is 1.33 bits per heavy atom. The smallest absolute Gasteiger partial charge is 0.152 e. The average molecular weight is 262 g/mol. The quantitative estimate of drug-likeness (QED) is 0.755. The second-order valence-electron chi connectivity index (χ2n) is 5.17. The molecule has 0 radical (unpaired) electrons. The first-order valence-electron chi connectivity index (χ1n) is 6.51. The number of carbonyl (C=O) groups is 1. The van der Waals surface area contributed by atoms with Crippen molar-refractivity contribution in [2.24, 2.45) is 5.92 Å². The van der Waals surface area contributed by atoms with Crippen LogP contribution in [0.25, 0.3) is 10.9 Å². The normalized spacial score (nSPS) is 16.5. The van der Waals surface area contributed by atoms with Crippen LogP contribution in [0.1, 0.15) is 36.0 Å². The summed E-state index contributed by atoms with van der Waals surface area (Å²) in [5, 5.41) is 1.73. The summed E-state index contributed by atoms with van der Waals surface area (Å²) in [4.78, 5) is 11.1. The molecule has 1 saturated carbocycles. The largest absolute Gasteiger partial charge is 0.346 e. The lowest BCUT2D eigenvalue weighted by atomic mass is 10.1. The molecular weight excluding hydrogens is 246 g/mol. The topological polar surface area (TPSA) is 22.0 Å². The van der Waals surface area contributed by atoms with Crippen LogP contribution in [0.3, 0.4) is 0 Å². The Labute approximate surface area is 112 Å². The molecule has 0 spiro atoms. The maximum Gasteiger partial charge on any atom is 0.152 e. The molecule has 0 saturated heterocycles. The minimum atomic E-state index is 0.728. The fourth-order valence-electron chi connectivity index (χ4n) is 3.01. The van der Waals surface area contributed by atoms with E-state index in [2.05, 4.69) is 4.57 Å². The zero-order chi connectivity index (χ0) is 12.5. The van der Waals surface area contributed by atoms with Crippen molar-refractivity contribution in [2.45, 2.75) is 32.2 Å². The molecule has 18 heavy (non-hydrogen) atoms. The van der Waals surface area contributed by atoms with Crippen LogP contribution in [0, 0.1) is 5.92 Å². The Kier molecular flexibility index (Phi) is 3.13. The van der Waals surface area contributed by atoms with Crippen LogP contribution in [0.5, 0.6) is 0 Å². The molecule has 1 aromatic carbocycles. The third kappa shape index (κ3) is 2.05. The van der Waals surface area contributed by atoms with Crippen LogP contribution >= 0.6 is 11.6 Å². The van der Waals surface area contributed by atoms with E-state index in [1.54, 1.807) is 0 Å². The number of hydrogen-bond acceptors (Lipinski definition) is 1. The standard InChI is InChI=1S/C15H16ClNO/c16-13-5-6-14-12(10-18)9-17(15(14)7-13)8-11-3-1-2-4-11/h5-7,9-11H,1-4,8H2.